The number of fused-ring (bicyclic) bond motifs is 7. The minimum absolute atomic E-state index is 0. The lowest BCUT2D eigenvalue weighted by atomic mass is 9.71. The molecule has 9 heteroatoms. The lowest BCUT2D eigenvalue weighted by molar-refractivity contribution is -0.117. The molecule has 3 fully saturated rings. The normalized spacial score (nSPS) is 22.2. The van der Waals surface area contributed by atoms with E-state index in [4.69, 9.17) is 14.5 Å². The van der Waals surface area contributed by atoms with E-state index in [1.807, 2.05) is 34.2 Å². The fourth-order valence-electron chi connectivity index (χ4n) is 6.74. The molecular formula is C30H31N5O4. The van der Waals surface area contributed by atoms with Crippen molar-refractivity contribution < 1.29 is 20.5 Å². The van der Waals surface area contributed by atoms with Crippen LogP contribution in [-0.2, 0) is 15.2 Å². The summed E-state index contributed by atoms with van der Waals surface area (Å²) in [5.74, 6) is 2.32. The summed E-state index contributed by atoms with van der Waals surface area (Å²) in [5, 5.41) is 3.41. The Morgan fingerprint density at radius 2 is 1.90 bits per heavy atom. The van der Waals surface area contributed by atoms with Crippen molar-refractivity contribution in [1.82, 2.24) is 9.97 Å². The molecule has 2 saturated heterocycles. The molecule has 1 spiro atoms. The molecule has 0 radical (unpaired) electrons. The highest BCUT2D eigenvalue weighted by atomic mass is 16.5. The summed E-state index contributed by atoms with van der Waals surface area (Å²) >= 11 is 0. The molecule has 1 atom stereocenters. The number of nitrogens with zero attached hydrogens (tertiary/aromatic N) is 4. The quantitative estimate of drug-likeness (QED) is 0.495. The molecule has 39 heavy (non-hydrogen) atoms. The van der Waals surface area contributed by atoms with Gasteiger partial charge in [0.1, 0.15) is 22.9 Å². The molecule has 3 aromatic rings. The van der Waals surface area contributed by atoms with Gasteiger partial charge in [-0.05, 0) is 56.4 Å². The van der Waals surface area contributed by atoms with Crippen molar-refractivity contribution >= 4 is 34.7 Å². The third-order valence-corrected chi connectivity index (χ3v) is 8.88. The molecule has 0 unspecified atom stereocenters. The predicted octanol–water partition coefficient (Wildman–Crippen LogP) is 5.31. The standard InChI is InChI=1S/C30H29N5O4.H2/c36-27-3-1-11-34(27)20-4-6-21-22-17-31-26(15-23(22)30(9-2-10-30)39-25(21)14-20)33-18-13-24-29(32-16-18)38-12-8-19-5-7-28(37)35(19)24;/h4,6,13-17,19H,1-3,5,7-12H2,(H,31,33);1H/t19-;/m0./s1. The van der Waals surface area contributed by atoms with Crippen molar-refractivity contribution in [1.29, 1.82) is 0 Å². The van der Waals surface area contributed by atoms with E-state index in [1.54, 1.807) is 6.20 Å². The summed E-state index contributed by atoms with van der Waals surface area (Å²) in [6.07, 6.45) is 10.3. The maximum Gasteiger partial charge on any atom is 0.238 e. The molecule has 6 heterocycles. The molecule has 1 aliphatic carbocycles. The van der Waals surface area contributed by atoms with Crippen LogP contribution in [0.2, 0.25) is 0 Å². The second-order valence-electron chi connectivity index (χ2n) is 11.2. The highest BCUT2D eigenvalue weighted by molar-refractivity contribution is 5.98. The zero-order valence-electron chi connectivity index (χ0n) is 21.6. The predicted molar refractivity (Wildman–Crippen MR) is 148 cm³/mol. The minimum atomic E-state index is -0.385. The molecule has 200 valence electrons. The number of aromatic nitrogens is 2. The van der Waals surface area contributed by atoms with Gasteiger partial charge >= 0.3 is 0 Å². The third kappa shape index (κ3) is 3.52. The van der Waals surface area contributed by atoms with Gasteiger partial charge in [-0.25, -0.2) is 9.97 Å². The summed E-state index contributed by atoms with van der Waals surface area (Å²) in [4.78, 5) is 38.0. The van der Waals surface area contributed by atoms with Crippen LogP contribution >= 0.6 is 0 Å². The first-order valence-corrected chi connectivity index (χ1v) is 13.9. The van der Waals surface area contributed by atoms with Gasteiger partial charge in [0.2, 0.25) is 17.7 Å². The fraction of sp³-hybridized carbons (Fsp3) is 0.400. The van der Waals surface area contributed by atoms with Gasteiger partial charge in [0.25, 0.3) is 0 Å². The number of carbonyl (C=O) groups is 2. The number of hydrogen-bond acceptors (Lipinski definition) is 7. The van der Waals surface area contributed by atoms with Crippen LogP contribution < -0.4 is 24.6 Å². The number of anilines is 4. The van der Waals surface area contributed by atoms with Gasteiger partial charge in [-0.2, -0.15) is 0 Å². The molecule has 1 N–H and O–H groups in total. The lowest BCUT2D eigenvalue weighted by Crippen LogP contribution is -2.42. The average molecular weight is 526 g/mol. The van der Waals surface area contributed by atoms with Gasteiger partial charge in [-0.3, -0.25) is 9.59 Å². The Kier molecular flexibility index (Phi) is 4.93. The van der Waals surface area contributed by atoms with E-state index in [2.05, 4.69) is 22.4 Å². The van der Waals surface area contributed by atoms with Crippen molar-refractivity contribution in [3.63, 3.8) is 0 Å². The average Bonchev–Trinajstić information content (AvgIpc) is 3.46. The number of ether oxygens (including phenoxy) is 2. The van der Waals surface area contributed by atoms with Crippen molar-refractivity contribution in [2.24, 2.45) is 0 Å². The summed E-state index contributed by atoms with van der Waals surface area (Å²) in [6.45, 7) is 1.32. The fourth-order valence-corrected chi connectivity index (χ4v) is 6.74. The molecule has 9 nitrogen and oxygen atoms in total. The largest absolute Gasteiger partial charge is 0.482 e. The van der Waals surface area contributed by atoms with Crippen LogP contribution in [-0.4, -0.2) is 41.0 Å². The maximum atomic E-state index is 12.7. The number of nitrogens with one attached hydrogen (secondary N) is 1. The van der Waals surface area contributed by atoms with Crippen LogP contribution in [0.1, 0.15) is 58.4 Å². The topological polar surface area (TPSA) is 96.9 Å². The van der Waals surface area contributed by atoms with Crippen LogP contribution in [0.3, 0.4) is 0 Å². The molecule has 2 amide bonds. The first-order chi connectivity index (χ1) is 19.1. The summed E-state index contributed by atoms with van der Waals surface area (Å²) in [6, 6.07) is 10.3. The van der Waals surface area contributed by atoms with E-state index in [0.717, 1.165) is 84.6 Å². The van der Waals surface area contributed by atoms with E-state index in [9.17, 15) is 9.59 Å². The molecule has 5 aliphatic rings. The zero-order valence-corrected chi connectivity index (χ0v) is 21.6. The van der Waals surface area contributed by atoms with Crippen LogP contribution in [0.15, 0.2) is 42.7 Å². The molecule has 1 aromatic carbocycles. The molecule has 4 aliphatic heterocycles. The Bertz CT molecular complexity index is 1540. The summed E-state index contributed by atoms with van der Waals surface area (Å²) in [5.41, 5.74) is 5.19. The first kappa shape index (κ1) is 22.8. The SMILES string of the molecule is O=C1CCCN1c1ccc2c(c1)OC1(CCC1)c1cc(Nc3cnc4c(c3)N3C(=O)CC[C@H]3CCO4)ncc1-2.[HH]. The molecule has 1 saturated carbocycles. The Hall–Kier alpha value is -4.14. The Morgan fingerprint density at radius 1 is 0.974 bits per heavy atom. The number of benzene rings is 1. The third-order valence-electron chi connectivity index (χ3n) is 8.88. The van der Waals surface area contributed by atoms with Crippen LogP contribution in [0, 0.1) is 0 Å². The van der Waals surface area contributed by atoms with Gasteiger partial charge in [-0.1, -0.05) is 0 Å². The van der Waals surface area contributed by atoms with Crippen molar-refractivity contribution in [2.75, 3.05) is 28.3 Å². The van der Waals surface area contributed by atoms with Gasteiger partial charge in [0.15, 0.2) is 0 Å². The highest BCUT2D eigenvalue weighted by Gasteiger charge is 2.46. The van der Waals surface area contributed by atoms with Gasteiger partial charge in [0.05, 0.1) is 18.5 Å². The van der Waals surface area contributed by atoms with E-state index in [-0.39, 0.29) is 24.9 Å². The number of hydrogen-bond donors (Lipinski definition) is 1. The highest BCUT2D eigenvalue weighted by Crippen LogP contribution is 2.55. The Morgan fingerprint density at radius 3 is 2.72 bits per heavy atom. The second kappa shape index (κ2) is 8.43. The van der Waals surface area contributed by atoms with Crippen LogP contribution in [0.4, 0.5) is 22.9 Å². The number of amides is 2. The Labute approximate surface area is 227 Å². The molecule has 2 aromatic heterocycles. The minimum Gasteiger partial charge on any atom is -0.482 e. The first-order valence-electron chi connectivity index (χ1n) is 13.9. The van der Waals surface area contributed by atoms with Gasteiger partial charge in [-0.15, -0.1) is 0 Å². The number of carbonyl (C=O) groups excluding carboxylic acids is 2. The van der Waals surface area contributed by atoms with Crippen molar-refractivity contribution in [2.45, 2.75) is 63.0 Å². The van der Waals surface area contributed by atoms with Crippen LogP contribution in [0.25, 0.3) is 11.1 Å². The van der Waals surface area contributed by atoms with Gasteiger partial charge in [0, 0.05) is 67.9 Å². The van der Waals surface area contributed by atoms with Crippen molar-refractivity contribution in [3.05, 3.63) is 48.3 Å². The van der Waals surface area contributed by atoms with E-state index in [0.29, 0.717) is 31.1 Å². The number of rotatable bonds is 3. The van der Waals surface area contributed by atoms with E-state index < -0.39 is 0 Å². The van der Waals surface area contributed by atoms with E-state index >= 15 is 0 Å². The van der Waals surface area contributed by atoms with Gasteiger partial charge < -0.3 is 24.6 Å². The zero-order chi connectivity index (χ0) is 26.1. The van der Waals surface area contributed by atoms with Crippen LogP contribution in [0.5, 0.6) is 11.6 Å². The van der Waals surface area contributed by atoms with Crippen molar-refractivity contribution in [3.8, 4) is 22.8 Å². The Balaban J connectivity index is 0.00000264. The van der Waals surface area contributed by atoms with E-state index in [1.165, 1.54) is 0 Å². The smallest absolute Gasteiger partial charge is 0.238 e. The summed E-state index contributed by atoms with van der Waals surface area (Å²) < 4.78 is 12.6. The molecule has 0 bridgehead atoms. The monoisotopic (exact) mass is 525 g/mol. The maximum absolute atomic E-state index is 12.7. The number of pyridine rings is 2. The summed E-state index contributed by atoms with van der Waals surface area (Å²) in [7, 11) is 0. The lowest BCUT2D eigenvalue weighted by Gasteiger charge is -2.46. The second-order valence-corrected chi connectivity index (χ2v) is 11.2. The molecule has 8 rings (SSSR count). The molecular weight excluding hydrogens is 494 g/mol.